The molecular formula is C23H23N3O2S. The highest BCUT2D eigenvalue weighted by Crippen LogP contribution is 2.29. The number of ether oxygens (including phenoxy) is 2. The summed E-state index contributed by atoms with van der Waals surface area (Å²) in [5.74, 6) is 2.02. The van der Waals surface area contributed by atoms with E-state index >= 15 is 0 Å². The number of methoxy groups -OCH3 is 2. The average molecular weight is 406 g/mol. The minimum atomic E-state index is 0.510. The van der Waals surface area contributed by atoms with Gasteiger partial charge in [-0.1, -0.05) is 42.5 Å². The number of rotatable bonds is 5. The van der Waals surface area contributed by atoms with E-state index in [9.17, 15) is 0 Å². The summed E-state index contributed by atoms with van der Waals surface area (Å²) in [4.78, 5) is 6.71. The fourth-order valence-electron chi connectivity index (χ4n) is 2.81. The molecule has 0 aliphatic rings. The van der Waals surface area contributed by atoms with Crippen LogP contribution in [0.4, 0.5) is 11.4 Å². The van der Waals surface area contributed by atoms with E-state index in [-0.39, 0.29) is 0 Å². The zero-order valence-corrected chi connectivity index (χ0v) is 17.4. The first-order valence-electron chi connectivity index (χ1n) is 9.09. The number of thiocarbonyl (C=S) groups is 1. The van der Waals surface area contributed by atoms with Gasteiger partial charge in [-0.05, 0) is 48.6 Å². The third-order valence-corrected chi connectivity index (χ3v) is 4.68. The average Bonchev–Trinajstić information content (AvgIpc) is 2.78. The second-order valence-electron chi connectivity index (χ2n) is 6.16. The molecule has 0 radical (unpaired) electrons. The van der Waals surface area contributed by atoms with Crippen LogP contribution in [0.1, 0.15) is 5.56 Å². The van der Waals surface area contributed by atoms with Gasteiger partial charge in [-0.3, -0.25) is 0 Å². The van der Waals surface area contributed by atoms with E-state index in [1.54, 1.807) is 14.2 Å². The second-order valence-corrected chi connectivity index (χ2v) is 6.55. The standard InChI is InChI=1S/C23H23N3O2S/c1-26(23(29)24-17-11-5-4-6-12-17)22(18-13-7-9-15-20(18)27-2)25-19-14-8-10-16-21(19)28-3/h4-16H,1-3H3,(H,24,29)/b25-22+. The highest BCUT2D eigenvalue weighted by atomic mass is 32.1. The van der Waals surface area contributed by atoms with Crippen molar-refractivity contribution in [1.29, 1.82) is 0 Å². The summed E-state index contributed by atoms with van der Waals surface area (Å²) in [7, 11) is 5.14. The van der Waals surface area contributed by atoms with Crippen molar-refractivity contribution in [2.24, 2.45) is 4.99 Å². The van der Waals surface area contributed by atoms with Crippen LogP contribution in [0.3, 0.4) is 0 Å². The second kappa shape index (κ2) is 9.71. The van der Waals surface area contributed by atoms with Crippen LogP contribution in [0.5, 0.6) is 11.5 Å². The van der Waals surface area contributed by atoms with E-state index < -0.39 is 0 Å². The summed E-state index contributed by atoms with van der Waals surface area (Å²) in [6.07, 6.45) is 0. The quantitative estimate of drug-likeness (QED) is 0.363. The topological polar surface area (TPSA) is 46.1 Å². The lowest BCUT2D eigenvalue weighted by molar-refractivity contribution is 0.413. The number of anilines is 1. The predicted molar refractivity (Wildman–Crippen MR) is 123 cm³/mol. The number of aliphatic imine (C=N–C) groups is 1. The van der Waals surface area contributed by atoms with E-state index in [2.05, 4.69) is 5.32 Å². The molecule has 0 aliphatic carbocycles. The molecule has 3 rings (SSSR count). The molecule has 148 valence electrons. The van der Waals surface area contributed by atoms with Crippen LogP contribution in [0.15, 0.2) is 83.9 Å². The molecular weight excluding hydrogens is 382 g/mol. The first-order valence-corrected chi connectivity index (χ1v) is 9.49. The molecule has 6 heteroatoms. The molecule has 3 aromatic rings. The molecule has 3 aromatic carbocycles. The van der Waals surface area contributed by atoms with Gasteiger partial charge in [-0.25, -0.2) is 4.99 Å². The number of hydrogen-bond acceptors (Lipinski definition) is 4. The van der Waals surface area contributed by atoms with E-state index in [0.717, 1.165) is 11.3 Å². The van der Waals surface area contributed by atoms with Crippen molar-refractivity contribution < 1.29 is 9.47 Å². The van der Waals surface area contributed by atoms with Crippen LogP contribution in [0, 0.1) is 0 Å². The minimum Gasteiger partial charge on any atom is -0.496 e. The maximum atomic E-state index is 5.65. The Morgan fingerprint density at radius 3 is 2.10 bits per heavy atom. The summed E-state index contributed by atoms with van der Waals surface area (Å²) in [6.45, 7) is 0. The monoisotopic (exact) mass is 405 g/mol. The Kier molecular flexibility index (Phi) is 6.81. The SMILES string of the molecule is COc1ccccc1/N=C(\c1ccccc1OC)N(C)C(=S)Nc1ccccc1. The van der Waals surface area contributed by atoms with Gasteiger partial charge in [0.25, 0.3) is 0 Å². The van der Waals surface area contributed by atoms with Gasteiger partial charge < -0.3 is 19.7 Å². The van der Waals surface area contributed by atoms with Crippen LogP contribution < -0.4 is 14.8 Å². The van der Waals surface area contributed by atoms with Crippen molar-refractivity contribution in [3.8, 4) is 11.5 Å². The highest BCUT2D eigenvalue weighted by Gasteiger charge is 2.19. The normalized spacial score (nSPS) is 10.9. The van der Waals surface area contributed by atoms with Crippen LogP contribution in [0.2, 0.25) is 0 Å². The maximum absolute atomic E-state index is 5.65. The number of hydrogen-bond donors (Lipinski definition) is 1. The number of nitrogens with zero attached hydrogens (tertiary/aromatic N) is 2. The van der Waals surface area contributed by atoms with Crippen molar-refractivity contribution in [2.45, 2.75) is 0 Å². The molecule has 29 heavy (non-hydrogen) atoms. The Morgan fingerprint density at radius 1 is 0.828 bits per heavy atom. The van der Waals surface area contributed by atoms with E-state index in [0.29, 0.717) is 28.1 Å². The molecule has 0 fully saturated rings. The fraction of sp³-hybridized carbons (Fsp3) is 0.130. The van der Waals surface area contributed by atoms with Gasteiger partial charge in [0.05, 0.1) is 19.8 Å². The molecule has 0 saturated carbocycles. The van der Waals surface area contributed by atoms with Gasteiger partial charge in [0.15, 0.2) is 5.11 Å². The van der Waals surface area contributed by atoms with E-state index in [4.69, 9.17) is 26.7 Å². The molecule has 0 bridgehead atoms. The third-order valence-electron chi connectivity index (χ3n) is 4.31. The summed E-state index contributed by atoms with van der Waals surface area (Å²) < 4.78 is 11.0. The molecule has 0 amide bonds. The predicted octanol–water partition coefficient (Wildman–Crippen LogP) is 5.11. The molecule has 0 unspecified atom stereocenters. The zero-order valence-electron chi connectivity index (χ0n) is 16.6. The zero-order chi connectivity index (χ0) is 20.6. The third kappa shape index (κ3) is 4.92. The molecule has 0 saturated heterocycles. The van der Waals surface area contributed by atoms with Crippen LogP contribution in [-0.2, 0) is 0 Å². The van der Waals surface area contributed by atoms with Gasteiger partial charge in [-0.2, -0.15) is 0 Å². The molecule has 0 spiro atoms. The number of benzene rings is 3. The molecule has 1 N–H and O–H groups in total. The Balaban J connectivity index is 2.05. The molecule has 0 heterocycles. The number of nitrogens with one attached hydrogen (secondary N) is 1. The Bertz CT molecular complexity index is 1010. The fourth-order valence-corrected chi connectivity index (χ4v) is 3.01. The van der Waals surface area contributed by atoms with E-state index in [1.165, 1.54) is 0 Å². The Labute approximate surface area is 176 Å². The smallest absolute Gasteiger partial charge is 0.178 e. The Morgan fingerprint density at radius 2 is 1.41 bits per heavy atom. The number of para-hydroxylation sites is 4. The van der Waals surface area contributed by atoms with Crippen molar-refractivity contribution in [3.63, 3.8) is 0 Å². The maximum Gasteiger partial charge on any atom is 0.178 e. The molecule has 0 aliphatic heterocycles. The minimum absolute atomic E-state index is 0.510. The highest BCUT2D eigenvalue weighted by molar-refractivity contribution is 7.80. The van der Waals surface area contributed by atoms with E-state index in [1.807, 2.05) is 90.8 Å². The molecule has 0 atom stereocenters. The van der Waals surface area contributed by atoms with Gasteiger partial charge >= 0.3 is 0 Å². The summed E-state index contributed by atoms with van der Waals surface area (Å²) in [6, 6.07) is 25.1. The largest absolute Gasteiger partial charge is 0.496 e. The lowest BCUT2D eigenvalue weighted by atomic mass is 10.1. The summed E-state index contributed by atoms with van der Waals surface area (Å²) in [5.41, 5.74) is 2.42. The number of amidine groups is 1. The Hall–Kier alpha value is -3.38. The van der Waals surface area contributed by atoms with Gasteiger partial charge in [-0.15, -0.1) is 0 Å². The molecule has 0 aromatic heterocycles. The first-order chi connectivity index (χ1) is 14.1. The van der Waals surface area contributed by atoms with Crippen LogP contribution >= 0.6 is 12.2 Å². The van der Waals surface area contributed by atoms with Crippen molar-refractivity contribution in [3.05, 3.63) is 84.4 Å². The lowest BCUT2D eigenvalue weighted by Gasteiger charge is -2.24. The first kappa shape index (κ1) is 20.4. The van der Waals surface area contributed by atoms with Crippen LogP contribution in [0.25, 0.3) is 0 Å². The molecule has 5 nitrogen and oxygen atoms in total. The van der Waals surface area contributed by atoms with Crippen molar-refractivity contribution in [2.75, 3.05) is 26.6 Å². The lowest BCUT2D eigenvalue weighted by Crippen LogP contribution is -2.37. The van der Waals surface area contributed by atoms with Crippen LogP contribution in [-0.4, -0.2) is 37.1 Å². The van der Waals surface area contributed by atoms with Crippen molar-refractivity contribution in [1.82, 2.24) is 4.90 Å². The van der Waals surface area contributed by atoms with Crippen molar-refractivity contribution >= 4 is 34.5 Å². The summed E-state index contributed by atoms with van der Waals surface area (Å²) in [5, 5.41) is 3.76. The van der Waals surface area contributed by atoms with Gasteiger partial charge in [0.1, 0.15) is 23.0 Å². The summed E-state index contributed by atoms with van der Waals surface area (Å²) >= 11 is 5.65. The van der Waals surface area contributed by atoms with Gasteiger partial charge in [0.2, 0.25) is 0 Å². The van der Waals surface area contributed by atoms with Gasteiger partial charge in [0, 0.05) is 12.7 Å².